The zero-order valence-corrected chi connectivity index (χ0v) is 13.9. The van der Waals surface area contributed by atoms with Crippen LogP contribution in [-0.2, 0) is 24.1 Å². The van der Waals surface area contributed by atoms with Crippen molar-refractivity contribution in [2.75, 3.05) is 7.11 Å². The van der Waals surface area contributed by atoms with Gasteiger partial charge in [-0.15, -0.1) is 0 Å². The Morgan fingerprint density at radius 3 is 2.62 bits per heavy atom. The van der Waals surface area contributed by atoms with E-state index < -0.39 is 6.10 Å². The number of ether oxygens (including phenoxy) is 1. The second-order valence-corrected chi connectivity index (χ2v) is 6.47. The van der Waals surface area contributed by atoms with Gasteiger partial charge in [-0.25, -0.2) is 0 Å². The number of aliphatic hydroxyl groups is 1. The molecule has 1 fully saturated rings. The molecule has 0 bridgehead atoms. The Morgan fingerprint density at radius 2 is 2.10 bits per heavy atom. The molecule has 0 radical (unpaired) electrons. The van der Waals surface area contributed by atoms with E-state index >= 15 is 0 Å². The van der Waals surface area contributed by atoms with Gasteiger partial charge in [0.05, 0.1) is 17.4 Å². The molecule has 0 saturated heterocycles. The van der Waals surface area contributed by atoms with Gasteiger partial charge in [0.25, 0.3) is 0 Å². The molecule has 1 aromatic heterocycles. The van der Waals surface area contributed by atoms with E-state index in [9.17, 15) is 5.11 Å². The van der Waals surface area contributed by atoms with Crippen molar-refractivity contribution in [3.8, 4) is 0 Å². The van der Waals surface area contributed by atoms with Gasteiger partial charge in [-0.2, -0.15) is 5.10 Å². The van der Waals surface area contributed by atoms with Crippen molar-refractivity contribution in [3.63, 3.8) is 0 Å². The van der Waals surface area contributed by atoms with E-state index in [0.717, 1.165) is 56.0 Å². The monoisotopic (exact) mass is 294 g/mol. The van der Waals surface area contributed by atoms with E-state index in [0.29, 0.717) is 6.42 Å². The number of rotatable bonds is 6. The zero-order chi connectivity index (χ0) is 15.5. The van der Waals surface area contributed by atoms with Crippen LogP contribution in [0.3, 0.4) is 0 Å². The Kier molecular flexibility index (Phi) is 5.44. The predicted octanol–water partition coefficient (Wildman–Crippen LogP) is 2.96. The molecule has 4 nitrogen and oxygen atoms in total. The Morgan fingerprint density at radius 1 is 1.43 bits per heavy atom. The topological polar surface area (TPSA) is 47.3 Å². The normalized spacial score (nSPS) is 27.8. The first kappa shape index (κ1) is 16.5. The van der Waals surface area contributed by atoms with E-state index in [-0.39, 0.29) is 5.60 Å². The van der Waals surface area contributed by atoms with Crippen molar-refractivity contribution in [1.29, 1.82) is 0 Å². The summed E-state index contributed by atoms with van der Waals surface area (Å²) in [5, 5.41) is 15.4. The van der Waals surface area contributed by atoms with Crippen molar-refractivity contribution < 1.29 is 9.84 Å². The van der Waals surface area contributed by atoms with E-state index in [1.165, 1.54) is 0 Å². The zero-order valence-electron chi connectivity index (χ0n) is 13.9. The molecular formula is C17H30N2O2. The van der Waals surface area contributed by atoms with Gasteiger partial charge in [0.2, 0.25) is 0 Å². The molecule has 21 heavy (non-hydrogen) atoms. The summed E-state index contributed by atoms with van der Waals surface area (Å²) in [7, 11) is 1.74. The van der Waals surface area contributed by atoms with Gasteiger partial charge in [0.1, 0.15) is 0 Å². The van der Waals surface area contributed by atoms with Gasteiger partial charge in [0, 0.05) is 25.8 Å². The largest absolute Gasteiger partial charge is 0.390 e. The van der Waals surface area contributed by atoms with E-state index in [4.69, 9.17) is 4.74 Å². The van der Waals surface area contributed by atoms with Crippen LogP contribution < -0.4 is 0 Å². The minimum absolute atomic E-state index is 0.373. The van der Waals surface area contributed by atoms with Gasteiger partial charge in [0.15, 0.2) is 0 Å². The second kappa shape index (κ2) is 6.93. The molecule has 2 rings (SSSR count). The summed E-state index contributed by atoms with van der Waals surface area (Å²) in [6.45, 7) is 7.34. The molecule has 4 heteroatoms. The maximum Gasteiger partial charge on any atom is 0.0940 e. The van der Waals surface area contributed by atoms with E-state index in [2.05, 4.69) is 31.9 Å². The highest BCUT2D eigenvalue weighted by Crippen LogP contribution is 2.37. The second-order valence-electron chi connectivity index (χ2n) is 6.47. The standard InChI is InChI=1S/C17H30N2O2/c1-5-14-11-15(19(6-2)18-14)12-16(20)17(21-4)9-7-13(3)8-10-17/h11,13,16,20H,5-10,12H2,1-4H3. The SMILES string of the molecule is CCc1cc(CC(O)C2(OC)CCC(C)CC2)n(CC)n1. The van der Waals surface area contributed by atoms with Crippen molar-refractivity contribution in [2.45, 2.75) is 77.5 Å². The van der Waals surface area contributed by atoms with Crippen LogP contribution in [0.15, 0.2) is 6.07 Å². The summed E-state index contributed by atoms with van der Waals surface area (Å²) in [5.41, 5.74) is 1.85. The third-order valence-electron chi connectivity index (χ3n) is 5.11. The van der Waals surface area contributed by atoms with E-state index in [1.807, 2.05) is 4.68 Å². The summed E-state index contributed by atoms with van der Waals surface area (Å²) in [6.07, 6.45) is 5.28. The maximum absolute atomic E-state index is 10.8. The van der Waals surface area contributed by atoms with Gasteiger partial charge in [-0.1, -0.05) is 13.8 Å². The van der Waals surface area contributed by atoms with Crippen LogP contribution in [0, 0.1) is 5.92 Å². The molecule has 0 spiro atoms. The number of hydrogen-bond donors (Lipinski definition) is 1. The molecule has 1 heterocycles. The number of aryl methyl sites for hydroxylation is 2. The average molecular weight is 294 g/mol. The van der Waals surface area contributed by atoms with Crippen molar-refractivity contribution in [2.24, 2.45) is 5.92 Å². The molecule has 1 aliphatic carbocycles. The van der Waals surface area contributed by atoms with Gasteiger partial charge in [-0.3, -0.25) is 4.68 Å². The smallest absolute Gasteiger partial charge is 0.0940 e. The Bertz CT molecular complexity index is 448. The quantitative estimate of drug-likeness (QED) is 0.877. The number of methoxy groups -OCH3 is 1. The summed E-state index contributed by atoms with van der Waals surface area (Å²) in [6, 6.07) is 2.13. The van der Waals surface area contributed by atoms with Crippen LogP contribution in [0.2, 0.25) is 0 Å². The minimum atomic E-state index is -0.457. The Hall–Kier alpha value is -0.870. The molecule has 0 aliphatic heterocycles. The average Bonchev–Trinajstić information content (AvgIpc) is 2.90. The summed E-state index contributed by atoms with van der Waals surface area (Å²) >= 11 is 0. The lowest BCUT2D eigenvalue weighted by Crippen LogP contribution is -2.48. The van der Waals surface area contributed by atoms with Gasteiger partial charge < -0.3 is 9.84 Å². The summed E-state index contributed by atoms with van der Waals surface area (Å²) in [4.78, 5) is 0. The fraction of sp³-hybridized carbons (Fsp3) is 0.824. The highest BCUT2D eigenvalue weighted by molar-refractivity contribution is 5.13. The van der Waals surface area contributed by atoms with Crippen molar-refractivity contribution >= 4 is 0 Å². The first-order valence-corrected chi connectivity index (χ1v) is 8.33. The fourth-order valence-electron chi connectivity index (χ4n) is 3.43. The molecule has 1 saturated carbocycles. The first-order valence-electron chi connectivity index (χ1n) is 8.33. The molecule has 1 N–H and O–H groups in total. The number of aliphatic hydroxyl groups excluding tert-OH is 1. The van der Waals surface area contributed by atoms with Crippen LogP contribution in [0.1, 0.15) is 57.8 Å². The number of aromatic nitrogens is 2. The third kappa shape index (κ3) is 3.49. The van der Waals surface area contributed by atoms with Crippen LogP contribution in [0.25, 0.3) is 0 Å². The molecular weight excluding hydrogens is 264 g/mol. The van der Waals surface area contributed by atoms with Crippen LogP contribution in [-0.4, -0.2) is 33.7 Å². The number of hydrogen-bond acceptors (Lipinski definition) is 3. The predicted molar refractivity (Wildman–Crippen MR) is 84.4 cm³/mol. The van der Waals surface area contributed by atoms with Crippen molar-refractivity contribution in [1.82, 2.24) is 9.78 Å². The highest BCUT2D eigenvalue weighted by Gasteiger charge is 2.41. The van der Waals surface area contributed by atoms with E-state index in [1.54, 1.807) is 7.11 Å². The molecule has 0 amide bonds. The minimum Gasteiger partial charge on any atom is -0.390 e. The Labute approximate surface area is 128 Å². The summed E-state index contributed by atoms with van der Waals surface area (Å²) in [5.74, 6) is 0.744. The molecule has 1 atom stereocenters. The lowest BCUT2D eigenvalue weighted by Gasteiger charge is -2.41. The van der Waals surface area contributed by atoms with Crippen LogP contribution in [0.5, 0.6) is 0 Å². The van der Waals surface area contributed by atoms with Crippen LogP contribution in [0.4, 0.5) is 0 Å². The lowest BCUT2D eigenvalue weighted by atomic mass is 9.75. The Balaban J connectivity index is 2.12. The molecule has 0 aromatic carbocycles. The van der Waals surface area contributed by atoms with Gasteiger partial charge in [-0.05, 0) is 51.0 Å². The first-order chi connectivity index (χ1) is 10.0. The molecule has 120 valence electrons. The van der Waals surface area contributed by atoms with Gasteiger partial charge >= 0.3 is 0 Å². The molecule has 1 aliphatic rings. The molecule has 1 aromatic rings. The fourth-order valence-corrected chi connectivity index (χ4v) is 3.43. The number of nitrogens with zero attached hydrogens (tertiary/aromatic N) is 2. The van der Waals surface area contributed by atoms with Crippen molar-refractivity contribution in [3.05, 3.63) is 17.5 Å². The highest BCUT2D eigenvalue weighted by atomic mass is 16.5. The maximum atomic E-state index is 10.8. The lowest BCUT2D eigenvalue weighted by molar-refractivity contribution is -0.127. The summed E-state index contributed by atoms with van der Waals surface area (Å²) < 4.78 is 7.80. The molecule has 1 unspecified atom stereocenters. The van der Waals surface area contributed by atoms with Crippen LogP contribution >= 0.6 is 0 Å². The third-order valence-corrected chi connectivity index (χ3v) is 5.11.